The van der Waals surface area contributed by atoms with Gasteiger partial charge in [-0.3, -0.25) is 5.10 Å². The summed E-state index contributed by atoms with van der Waals surface area (Å²) in [6, 6.07) is 8.31. The van der Waals surface area contributed by atoms with Crippen LogP contribution in [0.4, 0.5) is 5.82 Å². The molecule has 1 atom stereocenters. The highest BCUT2D eigenvalue weighted by Gasteiger charge is 2.20. The van der Waals surface area contributed by atoms with E-state index in [1.165, 1.54) is 5.56 Å². The molecule has 4 heterocycles. The van der Waals surface area contributed by atoms with E-state index < -0.39 is 11.0 Å². The molecule has 1 aliphatic heterocycles. The van der Waals surface area contributed by atoms with Gasteiger partial charge in [0.25, 0.3) is 0 Å². The van der Waals surface area contributed by atoms with Gasteiger partial charge in [-0.2, -0.15) is 10.2 Å². The second-order valence-corrected chi connectivity index (χ2v) is 8.67. The maximum Gasteiger partial charge on any atom is 0.159 e. The molecular weight excluding hydrogens is 400 g/mol. The largest absolute Gasteiger partial charge is 0.354 e. The van der Waals surface area contributed by atoms with E-state index in [0.717, 1.165) is 60.7 Å². The number of anilines is 1. The summed E-state index contributed by atoms with van der Waals surface area (Å²) >= 11 is 0. The molecule has 0 aliphatic carbocycles. The zero-order valence-electron chi connectivity index (χ0n) is 16.6. The fraction of sp³-hybridized carbons (Fsp3) is 0.300. The number of aromatic amines is 1. The highest BCUT2D eigenvalue weighted by atomic mass is 32.2. The van der Waals surface area contributed by atoms with Crippen molar-refractivity contribution in [1.82, 2.24) is 34.3 Å². The summed E-state index contributed by atoms with van der Waals surface area (Å²) in [6.07, 6.45) is 9.71. The first-order chi connectivity index (χ1) is 14.7. The van der Waals surface area contributed by atoms with Crippen molar-refractivity contribution in [1.29, 1.82) is 0 Å². The third-order valence-electron chi connectivity index (χ3n) is 5.38. The third-order valence-corrected chi connectivity index (χ3v) is 6.47. The quantitative estimate of drug-likeness (QED) is 0.524. The Morgan fingerprint density at radius 2 is 1.87 bits per heavy atom. The summed E-state index contributed by atoms with van der Waals surface area (Å²) in [5.74, 6) is 1.59. The normalized spacial score (nSPS) is 16.2. The Morgan fingerprint density at radius 3 is 2.63 bits per heavy atom. The van der Waals surface area contributed by atoms with Gasteiger partial charge in [0, 0.05) is 56.5 Å². The van der Waals surface area contributed by atoms with Gasteiger partial charge in [-0.1, -0.05) is 12.1 Å². The molecule has 154 valence electrons. The molecule has 1 aliphatic rings. The first-order valence-electron chi connectivity index (χ1n) is 9.77. The molecule has 10 heteroatoms. The summed E-state index contributed by atoms with van der Waals surface area (Å²) in [5.41, 5.74) is 3.33. The van der Waals surface area contributed by atoms with E-state index in [2.05, 4.69) is 48.4 Å². The lowest BCUT2D eigenvalue weighted by Gasteiger charge is -2.33. The molecule has 1 N–H and O–H groups in total. The van der Waals surface area contributed by atoms with Gasteiger partial charge in [0.15, 0.2) is 5.82 Å². The van der Waals surface area contributed by atoms with Crippen LogP contribution in [0.2, 0.25) is 0 Å². The van der Waals surface area contributed by atoms with Gasteiger partial charge in [-0.15, -0.1) is 0 Å². The van der Waals surface area contributed by atoms with E-state index in [1.807, 2.05) is 33.6 Å². The Hall–Kier alpha value is -3.11. The maximum absolute atomic E-state index is 11.7. The van der Waals surface area contributed by atoms with Crippen LogP contribution in [0.25, 0.3) is 16.7 Å². The van der Waals surface area contributed by atoms with Crippen LogP contribution in [0, 0.1) is 0 Å². The van der Waals surface area contributed by atoms with Crippen molar-refractivity contribution in [2.75, 3.05) is 37.3 Å². The number of benzene rings is 1. The Labute approximate surface area is 176 Å². The predicted molar refractivity (Wildman–Crippen MR) is 116 cm³/mol. The summed E-state index contributed by atoms with van der Waals surface area (Å²) in [6.45, 7) is 3.07. The van der Waals surface area contributed by atoms with Crippen molar-refractivity contribution in [3.63, 3.8) is 0 Å². The Balaban J connectivity index is 1.43. The van der Waals surface area contributed by atoms with Gasteiger partial charge in [0.1, 0.15) is 12.1 Å². The predicted octanol–water partition coefficient (Wildman–Crippen LogP) is 1.54. The van der Waals surface area contributed by atoms with Gasteiger partial charge in [-0.25, -0.2) is 23.2 Å². The number of nitrogens with one attached hydrogen (secondary N) is 1. The Bertz CT molecular complexity index is 1180. The molecule has 3 aromatic heterocycles. The number of aromatic nitrogens is 6. The van der Waals surface area contributed by atoms with Crippen LogP contribution in [-0.2, 0) is 17.4 Å². The van der Waals surface area contributed by atoms with Crippen LogP contribution in [0.15, 0.2) is 49.2 Å². The second-order valence-electron chi connectivity index (χ2n) is 7.31. The van der Waals surface area contributed by atoms with E-state index in [1.54, 1.807) is 12.6 Å². The number of nitrogens with zero attached hydrogens (tertiary/aromatic N) is 7. The molecule has 5 rings (SSSR count). The Kier molecular flexibility index (Phi) is 5.01. The summed E-state index contributed by atoms with van der Waals surface area (Å²) < 4.78 is 15.5. The van der Waals surface area contributed by atoms with Gasteiger partial charge >= 0.3 is 0 Å². The molecule has 0 amide bonds. The molecule has 9 nitrogen and oxygen atoms in total. The minimum absolute atomic E-state index is 0.733. The standard InChI is InChI=1S/C20H22N8OS/c1-30(29)27-6-4-26(5-7-27)19-10-20(22-14-21-19)28-18-9-15(2-3-17(18)13-25-28)8-16-11-23-24-12-16/h2-3,9-14H,4-8H2,1H3,(H,23,24). The number of rotatable bonds is 5. The topological polar surface area (TPSA) is 95.8 Å². The Morgan fingerprint density at radius 1 is 1.03 bits per heavy atom. The van der Waals surface area contributed by atoms with E-state index in [-0.39, 0.29) is 0 Å². The molecule has 0 bridgehead atoms. The first-order valence-corrected chi connectivity index (χ1v) is 11.3. The van der Waals surface area contributed by atoms with Crippen molar-refractivity contribution in [3.8, 4) is 5.82 Å². The van der Waals surface area contributed by atoms with E-state index >= 15 is 0 Å². The first kappa shape index (κ1) is 18.9. The SMILES string of the molecule is CS(=O)N1CCN(c2cc(-n3ncc4ccc(Cc5cn[nH]c5)cc43)ncn2)CC1. The summed E-state index contributed by atoms with van der Waals surface area (Å²) in [4.78, 5) is 11.1. The molecule has 0 radical (unpaired) electrons. The van der Waals surface area contributed by atoms with Crippen LogP contribution in [-0.4, -0.2) is 70.9 Å². The molecule has 30 heavy (non-hydrogen) atoms. The van der Waals surface area contributed by atoms with Gasteiger partial charge in [0.05, 0.1) is 28.9 Å². The lowest BCUT2D eigenvalue weighted by atomic mass is 10.1. The lowest BCUT2D eigenvalue weighted by Crippen LogP contribution is -2.47. The fourth-order valence-electron chi connectivity index (χ4n) is 3.77. The van der Waals surface area contributed by atoms with Crippen molar-refractivity contribution < 1.29 is 4.21 Å². The van der Waals surface area contributed by atoms with Crippen LogP contribution in [0.3, 0.4) is 0 Å². The lowest BCUT2D eigenvalue weighted by molar-refractivity contribution is 0.410. The molecule has 1 saturated heterocycles. The number of hydrogen-bond acceptors (Lipinski definition) is 6. The zero-order valence-corrected chi connectivity index (χ0v) is 17.4. The minimum Gasteiger partial charge on any atom is -0.354 e. The van der Waals surface area contributed by atoms with Crippen LogP contribution >= 0.6 is 0 Å². The number of fused-ring (bicyclic) bond motifs is 1. The number of H-pyrrole nitrogens is 1. The van der Waals surface area contributed by atoms with Crippen molar-refractivity contribution >= 4 is 27.7 Å². The molecule has 0 spiro atoms. The average molecular weight is 423 g/mol. The molecule has 1 aromatic carbocycles. The molecular formula is C20H22N8OS. The third kappa shape index (κ3) is 3.71. The summed E-state index contributed by atoms with van der Waals surface area (Å²) in [7, 11) is -0.928. The van der Waals surface area contributed by atoms with Crippen LogP contribution in [0.1, 0.15) is 11.1 Å². The van der Waals surface area contributed by atoms with Gasteiger partial charge in [0.2, 0.25) is 0 Å². The zero-order chi connectivity index (χ0) is 20.5. The molecule has 1 fully saturated rings. The minimum atomic E-state index is -0.928. The van der Waals surface area contributed by atoms with E-state index in [9.17, 15) is 4.21 Å². The van der Waals surface area contributed by atoms with Crippen molar-refractivity contribution in [3.05, 3.63) is 60.3 Å². The fourth-order valence-corrected chi connectivity index (χ4v) is 4.44. The van der Waals surface area contributed by atoms with Gasteiger partial charge < -0.3 is 4.90 Å². The summed E-state index contributed by atoms with van der Waals surface area (Å²) in [5, 5.41) is 12.5. The van der Waals surface area contributed by atoms with Crippen LogP contribution < -0.4 is 4.90 Å². The maximum atomic E-state index is 11.7. The van der Waals surface area contributed by atoms with E-state index in [0.29, 0.717) is 0 Å². The van der Waals surface area contributed by atoms with Crippen molar-refractivity contribution in [2.24, 2.45) is 0 Å². The van der Waals surface area contributed by atoms with Crippen molar-refractivity contribution in [2.45, 2.75) is 6.42 Å². The highest BCUT2D eigenvalue weighted by molar-refractivity contribution is 7.81. The molecule has 1 unspecified atom stereocenters. The van der Waals surface area contributed by atoms with Gasteiger partial charge in [-0.05, 0) is 17.2 Å². The average Bonchev–Trinajstić information content (AvgIpc) is 3.43. The van der Waals surface area contributed by atoms with E-state index in [4.69, 9.17) is 0 Å². The number of piperazine rings is 1. The molecule has 0 saturated carbocycles. The highest BCUT2D eigenvalue weighted by Crippen LogP contribution is 2.22. The number of hydrogen-bond donors (Lipinski definition) is 1. The second kappa shape index (κ2) is 7.96. The van der Waals surface area contributed by atoms with Crippen LogP contribution in [0.5, 0.6) is 0 Å². The monoisotopic (exact) mass is 422 g/mol. The smallest absolute Gasteiger partial charge is 0.159 e. The molecule has 4 aromatic rings.